The normalized spacial score (nSPS) is 17.3. The first-order valence-corrected chi connectivity index (χ1v) is 6.62. The van der Waals surface area contributed by atoms with Gasteiger partial charge in [0.1, 0.15) is 0 Å². The van der Waals surface area contributed by atoms with Gasteiger partial charge in [-0.3, -0.25) is 9.78 Å². The number of pyridine rings is 1. The van der Waals surface area contributed by atoms with Gasteiger partial charge in [0.15, 0.2) is 0 Å². The standard InChI is InChI=1S/C14H21N3O.ClH/c15-14(6-2-1-3-7-14)11-17-13(18)9-12-5-4-8-16-10-12;/h4-5,8,10H,1-3,6-7,9,11,15H2,(H,17,18);1H. The quantitative estimate of drug-likeness (QED) is 0.886. The summed E-state index contributed by atoms with van der Waals surface area (Å²) in [6.45, 7) is 0.589. The highest BCUT2D eigenvalue weighted by molar-refractivity contribution is 5.85. The van der Waals surface area contributed by atoms with Crippen LogP contribution in [0.2, 0.25) is 0 Å². The molecule has 4 nitrogen and oxygen atoms in total. The number of nitrogens with zero attached hydrogens (tertiary/aromatic N) is 1. The number of rotatable bonds is 4. The molecule has 0 aromatic carbocycles. The van der Waals surface area contributed by atoms with E-state index >= 15 is 0 Å². The van der Waals surface area contributed by atoms with Crippen molar-refractivity contribution in [3.05, 3.63) is 30.1 Å². The van der Waals surface area contributed by atoms with E-state index in [4.69, 9.17) is 5.73 Å². The molecule has 0 saturated heterocycles. The molecule has 3 N–H and O–H groups in total. The first-order valence-electron chi connectivity index (χ1n) is 6.62. The lowest BCUT2D eigenvalue weighted by Crippen LogP contribution is -2.51. The van der Waals surface area contributed by atoms with Crippen LogP contribution in [0.25, 0.3) is 0 Å². The molecule has 1 saturated carbocycles. The summed E-state index contributed by atoms with van der Waals surface area (Å²) in [4.78, 5) is 15.8. The molecule has 0 aliphatic heterocycles. The van der Waals surface area contributed by atoms with Crippen molar-refractivity contribution < 1.29 is 4.79 Å². The Bertz CT molecular complexity index is 391. The lowest BCUT2D eigenvalue weighted by molar-refractivity contribution is -0.120. The molecular weight excluding hydrogens is 262 g/mol. The van der Waals surface area contributed by atoms with Crippen molar-refractivity contribution in [2.24, 2.45) is 5.73 Å². The first-order chi connectivity index (χ1) is 8.68. The Morgan fingerprint density at radius 2 is 2.11 bits per heavy atom. The first kappa shape index (κ1) is 15.9. The third-order valence-electron chi connectivity index (χ3n) is 3.57. The van der Waals surface area contributed by atoms with E-state index in [9.17, 15) is 4.79 Å². The van der Waals surface area contributed by atoms with Crippen LogP contribution in [0, 0.1) is 0 Å². The number of nitrogens with two attached hydrogens (primary N) is 1. The van der Waals surface area contributed by atoms with Crippen molar-refractivity contribution in [2.75, 3.05) is 6.54 Å². The molecule has 0 bridgehead atoms. The molecule has 2 rings (SSSR count). The molecule has 1 aromatic heterocycles. The third-order valence-corrected chi connectivity index (χ3v) is 3.57. The molecule has 0 spiro atoms. The number of amides is 1. The highest BCUT2D eigenvalue weighted by atomic mass is 35.5. The van der Waals surface area contributed by atoms with E-state index in [-0.39, 0.29) is 23.9 Å². The van der Waals surface area contributed by atoms with Gasteiger partial charge >= 0.3 is 0 Å². The highest BCUT2D eigenvalue weighted by Gasteiger charge is 2.27. The molecule has 1 heterocycles. The topological polar surface area (TPSA) is 68.0 Å². The minimum atomic E-state index is -0.192. The van der Waals surface area contributed by atoms with E-state index in [0.717, 1.165) is 18.4 Å². The van der Waals surface area contributed by atoms with Crippen molar-refractivity contribution in [1.29, 1.82) is 0 Å². The fraction of sp³-hybridized carbons (Fsp3) is 0.571. The number of hydrogen-bond acceptors (Lipinski definition) is 3. The number of hydrogen-bond donors (Lipinski definition) is 2. The van der Waals surface area contributed by atoms with Crippen molar-refractivity contribution in [3.63, 3.8) is 0 Å². The van der Waals surface area contributed by atoms with E-state index in [2.05, 4.69) is 10.3 Å². The average Bonchev–Trinajstić information content (AvgIpc) is 2.39. The van der Waals surface area contributed by atoms with Crippen LogP contribution in [0.3, 0.4) is 0 Å². The maximum atomic E-state index is 11.8. The van der Waals surface area contributed by atoms with Gasteiger partial charge in [0.2, 0.25) is 5.91 Å². The number of carbonyl (C=O) groups excluding carboxylic acids is 1. The predicted octanol–water partition coefficient (Wildman–Crippen LogP) is 1.82. The second kappa shape index (κ2) is 7.46. The summed E-state index contributed by atoms with van der Waals surface area (Å²) in [6.07, 6.45) is 9.45. The average molecular weight is 284 g/mol. The molecule has 0 unspecified atom stereocenters. The monoisotopic (exact) mass is 283 g/mol. The minimum Gasteiger partial charge on any atom is -0.354 e. The van der Waals surface area contributed by atoms with E-state index in [1.807, 2.05) is 12.1 Å². The predicted molar refractivity (Wildman–Crippen MR) is 78.2 cm³/mol. The Morgan fingerprint density at radius 3 is 2.74 bits per heavy atom. The van der Waals surface area contributed by atoms with E-state index < -0.39 is 0 Å². The van der Waals surface area contributed by atoms with E-state index in [1.54, 1.807) is 12.4 Å². The summed E-state index contributed by atoms with van der Waals surface area (Å²) in [5.74, 6) is 0.0263. The van der Waals surface area contributed by atoms with Gasteiger partial charge in [-0.05, 0) is 24.5 Å². The maximum Gasteiger partial charge on any atom is 0.224 e. The molecule has 106 valence electrons. The molecule has 1 aliphatic carbocycles. The lowest BCUT2D eigenvalue weighted by atomic mass is 9.82. The zero-order chi connectivity index (χ0) is 12.8. The van der Waals surface area contributed by atoms with Crippen LogP contribution in [-0.2, 0) is 11.2 Å². The van der Waals surface area contributed by atoms with Crippen LogP contribution < -0.4 is 11.1 Å². The Hall–Kier alpha value is -1.13. The molecule has 1 amide bonds. The summed E-state index contributed by atoms with van der Waals surface area (Å²) in [5, 5.41) is 2.95. The molecule has 1 fully saturated rings. The molecule has 0 radical (unpaired) electrons. The van der Waals surface area contributed by atoms with Crippen molar-refractivity contribution >= 4 is 18.3 Å². The summed E-state index contributed by atoms with van der Waals surface area (Å²) >= 11 is 0. The molecule has 5 heteroatoms. The number of nitrogens with one attached hydrogen (secondary N) is 1. The highest BCUT2D eigenvalue weighted by Crippen LogP contribution is 2.25. The van der Waals surface area contributed by atoms with E-state index in [1.165, 1.54) is 19.3 Å². The van der Waals surface area contributed by atoms with Crippen molar-refractivity contribution in [3.8, 4) is 0 Å². The van der Waals surface area contributed by atoms with Crippen molar-refractivity contribution in [1.82, 2.24) is 10.3 Å². The number of aromatic nitrogens is 1. The molecule has 1 aliphatic rings. The fourth-order valence-corrected chi connectivity index (χ4v) is 2.46. The van der Waals surface area contributed by atoms with Gasteiger partial charge in [-0.2, -0.15) is 0 Å². The van der Waals surface area contributed by atoms with Gasteiger partial charge < -0.3 is 11.1 Å². The Kier molecular flexibility index (Phi) is 6.25. The van der Waals surface area contributed by atoms with Gasteiger partial charge in [-0.15, -0.1) is 12.4 Å². The molecule has 1 aromatic rings. The number of halogens is 1. The minimum absolute atomic E-state index is 0. The van der Waals surface area contributed by atoms with Gasteiger partial charge in [-0.25, -0.2) is 0 Å². The van der Waals surface area contributed by atoms with Crippen LogP contribution in [0.15, 0.2) is 24.5 Å². The zero-order valence-electron chi connectivity index (χ0n) is 11.1. The smallest absolute Gasteiger partial charge is 0.224 e. The van der Waals surface area contributed by atoms with E-state index in [0.29, 0.717) is 13.0 Å². The summed E-state index contributed by atoms with van der Waals surface area (Å²) in [5.41, 5.74) is 7.02. The fourth-order valence-electron chi connectivity index (χ4n) is 2.46. The summed E-state index contributed by atoms with van der Waals surface area (Å²) in [6, 6.07) is 3.75. The molecule has 0 atom stereocenters. The maximum absolute atomic E-state index is 11.8. The molecular formula is C14H22ClN3O. The SMILES string of the molecule is Cl.NC1(CNC(=O)Cc2cccnc2)CCCCC1. The molecule has 19 heavy (non-hydrogen) atoms. The Morgan fingerprint density at radius 1 is 1.37 bits per heavy atom. The lowest BCUT2D eigenvalue weighted by Gasteiger charge is -2.33. The second-order valence-corrected chi connectivity index (χ2v) is 5.24. The van der Waals surface area contributed by atoms with Crippen molar-refractivity contribution in [2.45, 2.75) is 44.1 Å². The van der Waals surface area contributed by atoms with Crippen LogP contribution in [0.5, 0.6) is 0 Å². The van der Waals surface area contributed by atoms with Crippen LogP contribution >= 0.6 is 12.4 Å². The Balaban J connectivity index is 0.00000180. The largest absolute Gasteiger partial charge is 0.354 e. The van der Waals surface area contributed by atoms with Crippen LogP contribution in [0.1, 0.15) is 37.7 Å². The summed E-state index contributed by atoms with van der Waals surface area (Å²) in [7, 11) is 0. The third kappa shape index (κ3) is 5.17. The zero-order valence-corrected chi connectivity index (χ0v) is 11.9. The van der Waals surface area contributed by atoms with Gasteiger partial charge in [0, 0.05) is 24.5 Å². The van der Waals surface area contributed by atoms with Gasteiger partial charge in [-0.1, -0.05) is 25.3 Å². The number of carbonyl (C=O) groups is 1. The summed E-state index contributed by atoms with van der Waals surface area (Å²) < 4.78 is 0. The van der Waals surface area contributed by atoms with Gasteiger partial charge in [0.05, 0.1) is 6.42 Å². The van der Waals surface area contributed by atoms with Gasteiger partial charge in [0.25, 0.3) is 0 Å². The van der Waals surface area contributed by atoms with Crippen LogP contribution in [-0.4, -0.2) is 23.0 Å². The second-order valence-electron chi connectivity index (χ2n) is 5.24. The Labute approximate surface area is 120 Å². The van der Waals surface area contributed by atoms with Crippen LogP contribution in [0.4, 0.5) is 0 Å².